The maximum absolute atomic E-state index is 11.9. The SMILES string of the molecule is NCCCCCNC(=O)C1COc2ccccc2O1. The van der Waals surface area contributed by atoms with Gasteiger partial charge in [0.2, 0.25) is 6.10 Å². The largest absolute Gasteiger partial charge is 0.485 e. The van der Waals surface area contributed by atoms with Crippen LogP contribution in [0.25, 0.3) is 0 Å². The molecule has 1 atom stereocenters. The van der Waals surface area contributed by atoms with Crippen LogP contribution in [0.1, 0.15) is 19.3 Å². The monoisotopic (exact) mass is 264 g/mol. The number of hydrogen-bond acceptors (Lipinski definition) is 4. The summed E-state index contributed by atoms with van der Waals surface area (Å²) in [4.78, 5) is 11.9. The number of fused-ring (bicyclic) bond motifs is 1. The first-order valence-electron chi connectivity index (χ1n) is 6.67. The van der Waals surface area contributed by atoms with Crippen molar-refractivity contribution in [2.45, 2.75) is 25.4 Å². The van der Waals surface area contributed by atoms with Gasteiger partial charge in [-0.3, -0.25) is 4.79 Å². The highest BCUT2D eigenvalue weighted by molar-refractivity contribution is 5.81. The zero-order valence-corrected chi connectivity index (χ0v) is 10.9. The lowest BCUT2D eigenvalue weighted by Gasteiger charge is -2.25. The molecule has 104 valence electrons. The normalized spacial score (nSPS) is 17.0. The molecule has 0 saturated heterocycles. The fourth-order valence-corrected chi connectivity index (χ4v) is 1.92. The third kappa shape index (κ3) is 3.86. The summed E-state index contributed by atoms with van der Waals surface area (Å²) in [5.41, 5.74) is 5.41. The standard InChI is InChI=1S/C14H20N2O3/c15-8-4-1-5-9-16-14(17)13-10-18-11-6-2-3-7-12(11)19-13/h2-3,6-7,13H,1,4-5,8-10,15H2,(H,16,17). The van der Waals surface area contributed by atoms with Crippen molar-refractivity contribution < 1.29 is 14.3 Å². The number of ether oxygens (including phenoxy) is 2. The van der Waals surface area contributed by atoms with Crippen LogP contribution >= 0.6 is 0 Å². The molecule has 19 heavy (non-hydrogen) atoms. The van der Waals surface area contributed by atoms with Gasteiger partial charge in [0, 0.05) is 6.54 Å². The number of nitrogens with one attached hydrogen (secondary N) is 1. The minimum absolute atomic E-state index is 0.123. The van der Waals surface area contributed by atoms with Crippen LogP contribution in [0.5, 0.6) is 11.5 Å². The summed E-state index contributed by atoms with van der Waals surface area (Å²) >= 11 is 0. The Morgan fingerprint density at radius 3 is 2.84 bits per heavy atom. The molecule has 0 fully saturated rings. The van der Waals surface area contributed by atoms with E-state index in [1.54, 1.807) is 6.07 Å². The van der Waals surface area contributed by atoms with Crippen molar-refractivity contribution in [3.63, 3.8) is 0 Å². The Labute approximate surface area is 113 Å². The lowest BCUT2D eigenvalue weighted by molar-refractivity contribution is -0.130. The van der Waals surface area contributed by atoms with Gasteiger partial charge in [0.15, 0.2) is 11.5 Å². The van der Waals surface area contributed by atoms with E-state index in [-0.39, 0.29) is 12.5 Å². The number of benzene rings is 1. The lowest BCUT2D eigenvalue weighted by atomic mass is 10.2. The van der Waals surface area contributed by atoms with Crippen LogP contribution in [-0.4, -0.2) is 31.7 Å². The van der Waals surface area contributed by atoms with Crippen molar-refractivity contribution in [1.82, 2.24) is 5.32 Å². The summed E-state index contributed by atoms with van der Waals surface area (Å²) < 4.78 is 11.1. The number of nitrogens with two attached hydrogens (primary N) is 1. The number of amides is 1. The Hall–Kier alpha value is -1.75. The van der Waals surface area contributed by atoms with E-state index < -0.39 is 6.10 Å². The first-order valence-corrected chi connectivity index (χ1v) is 6.67. The molecule has 0 radical (unpaired) electrons. The Morgan fingerprint density at radius 1 is 1.26 bits per heavy atom. The lowest BCUT2D eigenvalue weighted by Crippen LogP contribution is -2.44. The third-order valence-corrected chi connectivity index (χ3v) is 2.98. The number of carbonyl (C=O) groups excluding carboxylic acids is 1. The summed E-state index contributed by atoms with van der Waals surface area (Å²) in [5, 5.41) is 2.86. The fraction of sp³-hybridized carbons (Fsp3) is 0.500. The number of unbranched alkanes of at least 4 members (excludes halogenated alkanes) is 2. The van der Waals surface area contributed by atoms with E-state index in [2.05, 4.69) is 5.32 Å². The highest BCUT2D eigenvalue weighted by Gasteiger charge is 2.26. The van der Waals surface area contributed by atoms with Crippen LogP contribution in [0.3, 0.4) is 0 Å². The first kappa shape index (κ1) is 13.7. The summed E-state index contributed by atoms with van der Waals surface area (Å²) in [6.45, 7) is 1.61. The van der Waals surface area contributed by atoms with Gasteiger partial charge >= 0.3 is 0 Å². The molecule has 1 unspecified atom stereocenters. The zero-order valence-electron chi connectivity index (χ0n) is 10.9. The number of para-hydroxylation sites is 2. The highest BCUT2D eigenvalue weighted by atomic mass is 16.6. The third-order valence-electron chi connectivity index (χ3n) is 2.98. The average Bonchev–Trinajstić information content (AvgIpc) is 2.46. The summed E-state index contributed by atoms with van der Waals surface area (Å²) in [5.74, 6) is 1.19. The molecule has 1 aromatic carbocycles. The van der Waals surface area contributed by atoms with Crippen molar-refractivity contribution in [2.75, 3.05) is 19.7 Å². The Morgan fingerprint density at radius 2 is 2.05 bits per heavy atom. The molecule has 1 amide bonds. The van der Waals surface area contributed by atoms with E-state index in [9.17, 15) is 4.79 Å². The topological polar surface area (TPSA) is 73.6 Å². The predicted octanol–water partition coefficient (Wildman–Crippen LogP) is 1.07. The van der Waals surface area contributed by atoms with Crippen molar-refractivity contribution in [3.05, 3.63) is 24.3 Å². The molecule has 1 aliphatic rings. The van der Waals surface area contributed by atoms with E-state index >= 15 is 0 Å². The molecule has 2 rings (SSSR count). The van der Waals surface area contributed by atoms with Gasteiger partial charge in [-0.05, 0) is 31.5 Å². The fourth-order valence-electron chi connectivity index (χ4n) is 1.92. The Bertz CT molecular complexity index is 423. The summed E-state index contributed by atoms with van der Waals surface area (Å²) in [6.07, 6.45) is 2.39. The van der Waals surface area contributed by atoms with Gasteiger partial charge in [0.1, 0.15) is 6.61 Å². The minimum Gasteiger partial charge on any atom is -0.485 e. The van der Waals surface area contributed by atoms with Crippen LogP contribution in [0.15, 0.2) is 24.3 Å². The molecule has 1 heterocycles. The van der Waals surface area contributed by atoms with E-state index in [4.69, 9.17) is 15.2 Å². The molecule has 0 aromatic heterocycles. The van der Waals surface area contributed by atoms with Crippen LogP contribution in [0.4, 0.5) is 0 Å². The molecule has 0 bridgehead atoms. The maximum Gasteiger partial charge on any atom is 0.264 e. The number of rotatable bonds is 6. The number of carbonyl (C=O) groups is 1. The molecule has 5 nitrogen and oxygen atoms in total. The van der Waals surface area contributed by atoms with Gasteiger partial charge in [-0.2, -0.15) is 0 Å². The van der Waals surface area contributed by atoms with Crippen molar-refractivity contribution in [2.24, 2.45) is 5.73 Å². The molecule has 3 N–H and O–H groups in total. The van der Waals surface area contributed by atoms with Crippen LogP contribution < -0.4 is 20.5 Å². The molecular weight excluding hydrogens is 244 g/mol. The van der Waals surface area contributed by atoms with Crippen molar-refractivity contribution in [3.8, 4) is 11.5 Å². The smallest absolute Gasteiger partial charge is 0.264 e. The van der Waals surface area contributed by atoms with E-state index in [0.29, 0.717) is 24.6 Å². The highest BCUT2D eigenvalue weighted by Crippen LogP contribution is 2.30. The second-order valence-corrected chi connectivity index (χ2v) is 4.50. The van der Waals surface area contributed by atoms with E-state index in [0.717, 1.165) is 19.3 Å². The van der Waals surface area contributed by atoms with Crippen molar-refractivity contribution >= 4 is 5.91 Å². The maximum atomic E-state index is 11.9. The minimum atomic E-state index is -0.565. The van der Waals surface area contributed by atoms with Crippen molar-refractivity contribution in [1.29, 1.82) is 0 Å². The summed E-state index contributed by atoms with van der Waals surface area (Å²) in [7, 11) is 0. The van der Waals surface area contributed by atoms with Crippen LogP contribution in [0.2, 0.25) is 0 Å². The van der Waals surface area contributed by atoms with Gasteiger partial charge in [0.25, 0.3) is 5.91 Å². The Balaban J connectivity index is 1.76. The molecular formula is C14H20N2O3. The first-order chi connectivity index (χ1) is 9.31. The zero-order chi connectivity index (χ0) is 13.5. The van der Waals surface area contributed by atoms with Gasteiger partial charge in [0.05, 0.1) is 0 Å². The number of hydrogen-bond donors (Lipinski definition) is 2. The molecule has 0 saturated carbocycles. The summed E-state index contributed by atoms with van der Waals surface area (Å²) in [6, 6.07) is 7.36. The molecule has 5 heteroatoms. The second kappa shape index (κ2) is 6.99. The molecule has 1 aromatic rings. The molecule has 0 aliphatic carbocycles. The van der Waals surface area contributed by atoms with Gasteiger partial charge in [-0.15, -0.1) is 0 Å². The quantitative estimate of drug-likeness (QED) is 0.754. The van der Waals surface area contributed by atoms with E-state index in [1.807, 2.05) is 18.2 Å². The van der Waals surface area contributed by atoms with Gasteiger partial charge in [-0.1, -0.05) is 18.6 Å². The van der Waals surface area contributed by atoms with Crippen LogP contribution in [0, 0.1) is 0 Å². The molecule has 1 aliphatic heterocycles. The predicted molar refractivity (Wildman–Crippen MR) is 72.3 cm³/mol. The van der Waals surface area contributed by atoms with Crippen LogP contribution in [-0.2, 0) is 4.79 Å². The van der Waals surface area contributed by atoms with Gasteiger partial charge in [-0.25, -0.2) is 0 Å². The average molecular weight is 264 g/mol. The van der Waals surface area contributed by atoms with E-state index in [1.165, 1.54) is 0 Å². The second-order valence-electron chi connectivity index (χ2n) is 4.50. The Kier molecular flexibility index (Phi) is 5.03. The molecule has 0 spiro atoms. The van der Waals surface area contributed by atoms with Gasteiger partial charge < -0.3 is 20.5 Å².